The minimum atomic E-state index is -0.400. The summed E-state index contributed by atoms with van der Waals surface area (Å²) in [6.07, 6.45) is 2.37. The first-order valence-corrected chi connectivity index (χ1v) is 9.45. The van der Waals surface area contributed by atoms with Gasteiger partial charge in [0.15, 0.2) is 0 Å². The standard InChI is InChI=1S/C21H23N5O3/c1-2-29-21(28)15-25(13-12-17-6-4-3-5-7-17)20(27)14-18-8-10-19(11-9-18)26-16-22-23-24-26/h3-11,16H,2,12-15H2,1H3. The third-order valence-corrected chi connectivity index (χ3v) is 4.40. The van der Waals surface area contributed by atoms with E-state index in [4.69, 9.17) is 4.74 Å². The van der Waals surface area contributed by atoms with Crippen molar-refractivity contribution in [1.82, 2.24) is 25.1 Å². The van der Waals surface area contributed by atoms with Gasteiger partial charge in [0.1, 0.15) is 12.9 Å². The van der Waals surface area contributed by atoms with Crippen LogP contribution in [0.5, 0.6) is 0 Å². The zero-order chi connectivity index (χ0) is 20.5. The maximum atomic E-state index is 12.9. The molecule has 8 heteroatoms. The summed E-state index contributed by atoms with van der Waals surface area (Å²) in [4.78, 5) is 26.4. The van der Waals surface area contributed by atoms with Crippen molar-refractivity contribution in [2.75, 3.05) is 19.7 Å². The molecule has 1 aromatic heterocycles. The molecule has 0 unspecified atom stereocenters. The molecule has 29 heavy (non-hydrogen) atoms. The number of tetrazole rings is 1. The van der Waals surface area contributed by atoms with Crippen molar-refractivity contribution in [2.24, 2.45) is 0 Å². The molecule has 2 aromatic carbocycles. The summed E-state index contributed by atoms with van der Waals surface area (Å²) in [5.41, 5.74) is 2.76. The molecule has 0 aliphatic heterocycles. The van der Waals surface area contributed by atoms with Gasteiger partial charge >= 0.3 is 5.97 Å². The van der Waals surface area contributed by atoms with Crippen LogP contribution in [0, 0.1) is 0 Å². The molecule has 3 rings (SSSR count). The number of carbonyl (C=O) groups excluding carboxylic acids is 2. The van der Waals surface area contributed by atoms with Crippen LogP contribution in [-0.4, -0.2) is 56.7 Å². The summed E-state index contributed by atoms with van der Waals surface area (Å²) >= 11 is 0. The van der Waals surface area contributed by atoms with Crippen LogP contribution in [0.2, 0.25) is 0 Å². The maximum absolute atomic E-state index is 12.9. The Balaban J connectivity index is 1.65. The molecule has 150 valence electrons. The minimum Gasteiger partial charge on any atom is -0.465 e. The first-order valence-electron chi connectivity index (χ1n) is 9.45. The Kier molecular flexibility index (Phi) is 7.05. The third kappa shape index (κ3) is 5.97. The second kappa shape index (κ2) is 10.1. The second-order valence-corrected chi connectivity index (χ2v) is 6.45. The Morgan fingerprint density at radius 1 is 1.03 bits per heavy atom. The van der Waals surface area contributed by atoms with Crippen molar-refractivity contribution in [1.29, 1.82) is 0 Å². The van der Waals surface area contributed by atoms with Crippen LogP contribution in [0.4, 0.5) is 0 Å². The first-order chi connectivity index (χ1) is 14.2. The first kappa shape index (κ1) is 20.2. The lowest BCUT2D eigenvalue weighted by Gasteiger charge is -2.22. The van der Waals surface area contributed by atoms with E-state index < -0.39 is 5.97 Å². The van der Waals surface area contributed by atoms with Crippen LogP contribution in [0.3, 0.4) is 0 Å². The summed E-state index contributed by atoms with van der Waals surface area (Å²) in [5, 5.41) is 11.1. The Morgan fingerprint density at radius 2 is 1.79 bits per heavy atom. The number of ether oxygens (including phenoxy) is 1. The Hall–Kier alpha value is -3.55. The molecule has 1 heterocycles. The molecule has 0 radical (unpaired) electrons. The summed E-state index contributed by atoms with van der Waals surface area (Å²) < 4.78 is 6.57. The lowest BCUT2D eigenvalue weighted by atomic mass is 10.1. The Labute approximate surface area is 169 Å². The van der Waals surface area contributed by atoms with Gasteiger partial charge in [-0.25, -0.2) is 4.68 Å². The quantitative estimate of drug-likeness (QED) is 0.515. The number of rotatable bonds is 9. The van der Waals surface area contributed by atoms with Crippen molar-refractivity contribution >= 4 is 11.9 Å². The van der Waals surface area contributed by atoms with E-state index in [1.54, 1.807) is 16.5 Å². The molecule has 0 N–H and O–H groups in total. The summed E-state index contributed by atoms with van der Waals surface area (Å²) in [6.45, 7) is 2.44. The zero-order valence-corrected chi connectivity index (χ0v) is 16.3. The molecule has 3 aromatic rings. The van der Waals surface area contributed by atoms with Crippen LogP contribution in [0.1, 0.15) is 18.1 Å². The van der Waals surface area contributed by atoms with E-state index in [0.29, 0.717) is 13.0 Å². The molecule has 0 saturated heterocycles. The monoisotopic (exact) mass is 393 g/mol. The molecule has 0 spiro atoms. The van der Waals surface area contributed by atoms with Gasteiger partial charge < -0.3 is 9.64 Å². The average Bonchev–Trinajstić information content (AvgIpc) is 3.27. The minimum absolute atomic E-state index is 0.0534. The van der Waals surface area contributed by atoms with E-state index in [-0.39, 0.29) is 25.5 Å². The molecule has 0 aliphatic rings. The van der Waals surface area contributed by atoms with E-state index >= 15 is 0 Å². The molecular formula is C21H23N5O3. The van der Waals surface area contributed by atoms with Crippen LogP contribution < -0.4 is 0 Å². The normalized spacial score (nSPS) is 10.5. The van der Waals surface area contributed by atoms with E-state index in [1.807, 2.05) is 54.6 Å². The molecule has 0 fully saturated rings. The van der Waals surface area contributed by atoms with Crippen molar-refractivity contribution in [2.45, 2.75) is 19.8 Å². The fourth-order valence-corrected chi connectivity index (χ4v) is 2.90. The van der Waals surface area contributed by atoms with Crippen LogP contribution >= 0.6 is 0 Å². The molecule has 0 saturated carbocycles. The fraction of sp³-hybridized carbons (Fsp3) is 0.286. The van der Waals surface area contributed by atoms with E-state index in [0.717, 1.165) is 16.8 Å². The summed E-state index contributed by atoms with van der Waals surface area (Å²) in [6, 6.07) is 17.3. The number of nitrogens with zero attached hydrogens (tertiary/aromatic N) is 5. The largest absolute Gasteiger partial charge is 0.465 e. The average molecular weight is 393 g/mol. The predicted octanol–water partition coefficient (Wildman–Crippen LogP) is 1.84. The molecular weight excluding hydrogens is 370 g/mol. The highest BCUT2D eigenvalue weighted by atomic mass is 16.5. The Bertz CT molecular complexity index is 911. The molecule has 1 amide bonds. The van der Waals surface area contributed by atoms with Crippen molar-refractivity contribution < 1.29 is 14.3 Å². The van der Waals surface area contributed by atoms with Gasteiger partial charge in [0.25, 0.3) is 0 Å². The summed E-state index contributed by atoms with van der Waals surface area (Å²) in [5.74, 6) is -0.521. The number of amides is 1. The highest BCUT2D eigenvalue weighted by Crippen LogP contribution is 2.10. The van der Waals surface area contributed by atoms with Crippen LogP contribution in [0.15, 0.2) is 60.9 Å². The van der Waals surface area contributed by atoms with Crippen LogP contribution in [-0.2, 0) is 27.2 Å². The van der Waals surface area contributed by atoms with E-state index in [2.05, 4.69) is 15.5 Å². The number of hydrogen-bond acceptors (Lipinski definition) is 6. The van der Waals surface area contributed by atoms with Gasteiger partial charge in [-0.1, -0.05) is 42.5 Å². The number of hydrogen-bond donors (Lipinski definition) is 0. The highest BCUT2D eigenvalue weighted by Gasteiger charge is 2.18. The van der Waals surface area contributed by atoms with E-state index in [1.165, 1.54) is 6.33 Å². The number of aromatic nitrogens is 4. The van der Waals surface area contributed by atoms with Gasteiger partial charge in [-0.05, 0) is 47.0 Å². The SMILES string of the molecule is CCOC(=O)CN(CCc1ccccc1)C(=O)Cc1ccc(-n2cnnn2)cc1. The van der Waals surface area contributed by atoms with Gasteiger partial charge in [0.05, 0.1) is 18.7 Å². The fourth-order valence-electron chi connectivity index (χ4n) is 2.90. The van der Waals surface area contributed by atoms with Gasteiger partial charge in [0, 0.05) is 6.54 Å². The van der Waals surface area contributed by atoms with Gasteiger partial charge in [-0.2, -0.15) is 0 Å². The lowest BCUT2D eigenvalue weighted by Crippen LogP contribution is -2.38. The predicted molar refractivity (Wildman–Crippen MR) is 106 cm³/mol. The van der Waals surface area contributed by atoms with Gasteiger partial charge in [-0.3, -0.25) is 9.59 Å². The van der Waals surface area contributed by atoms with Crippen molar-refractivity contribution in [3.63, 3.8) is 0 Å². The second-order valence-electron chi connectivity index (χ2n) is 6.45. The van der Waals surface area contributed by atoms with Crippen molar-refractivity contribution in [3.8, 4) is 5.69 Å². The number of carbonyl (C=O) groups is 2. The third-order valence-electron chi connectivity index (χ3n) is 4.40. The van der Waals surface area contributed by atoms with Crippen molar-refractivity contribution in [3.05, 3.63) is 72.1 Å². The number of benzene rings is 2. The van der Waals surface area contributed by atoms with Crippen LogP contribution in [0.25, 0.3) is 5.69 Å². The molecule has 0 bridgehead atoms. The summed E-state index contributed by atoms with van der Waals surface area (Å²) in [7, 11) is 0. The highest BCUT2D eigenvalue weighted by molar-refractivity contribution is 5.83. The van der Waals surface area contributed by atoms with Gasteiger partial charge in [0.2, 0.25) is 5.91 Å². The van der Waals surface area contributed by atoms with E-state index in [9.17, 15) is 9.59 Å². The molecule has 0 aliphatic carbocycles. The topological polar surface area (TPSA) is 90.2 Å². The zero-order valence-electron chi connectivity index (χ0n) is 16.3. The van der Waals surface area contributed by atoms with Gasteiger partial charge in [-0.15, -0.1) is 5.10 Å². The molecule has 8 nitrogen and oxygen atoms in total. The lowest BCUT2D eigenvalue weighted by molar-refractivity contribution is -0.148. The smallest absolute Gasteiger partial charge is 0.325 e. The number of esters is 1. The maximum Gasteiger partial charge on any atom is 0.325 e. The molecule has 0 atom stereocenters. The Morgan fingerprint density at radius 3 is 2.45 bits per heavy atom.